The lowest BCUT2D eigenvalue weighted by atomic mass is 9.95. The molecule has 0 bridgehead atoms. The Balaban J connectivity index is 2.06. The smallest absolute Gasteiger partial charge is 0.0894 e. The molecule has 1 fully saturated rings. The zero-order valence-electron chi connectivity index (χ0n) is 13.0. The minimum atomic E-state index is -0.0311. The molecule has 3 heteroatoms. The Kier molecular flexibility index (Phi) is 5.58. The number of hydrogen-bond donors (Lipinski definition) is 1. The predicted octanol–water partition coefficient (Wildman–Crippen LogP) is 2.61. The molecule has 1 aliphatic rings. The summed E-state index contributed by atoms with van der Waals surface area (Å²) in [5.74, 6) is 0.669. The first-order valence-electron chi connectivity index (χ1n) is 7.78. The number of nitrogens with zero attached hydrogens (tertiary/aromatic N) is 1. The fourth-order valence-electron chi connectivity index (χ4n) is 2.85. The number of likely N-dealkylation sites (N-methyl/N-ethyl adjacent to an activating group) is 1. The van der Waals surface area contributed by atoms with Gasteiger partial charge in [0.2, 0.25) is 0 Å². The minimum absolute atomic E-state index is 0.0311. The highest BCUT2D eigenvalue weighted by Gasteiger charge is 2.26. The van der Waals surface area contributed by atoms with Crippen molar-refractivity contribution in [2.45, 2.75) is 39.3 Å². The molecule has 1 saturated heterocycles. The van der Waals surface area contributed by atoms with Gasteiger partial charge in [0.1, 0.15) is 0 Å². The molecular weight excluding hydrogens is 248 g/mol. The van der Waals surface area contributed by atoms with Crippen LogP contribution in [-0.2, 0) is 11.2 Å². The molecule has 1 heterocycles. The summed E-state index contributed by atoms with van der Waals surface area (Å²) >= 11 is 0. The first-order chi connectivity index (χ1) is 9.60. The zero-order valence-corrected chi connectivity index (χ0v) is 13.0. The van der Waals surface area contributed by atoms with Crippen LogP contribution in [0.2, 0.25) is 0 Å². The Bertz CT molecular complexity index is 419. The van der Waals surface area contributed by atoms with Gasteiger partial charge in [-0.15, -0.1) is 0 Å². The van der Waals surface area contributed by atoms with Crippen molar-refractivity contribution in [1.29, 1.82) is 0 Å². The fourth-order valence-corrected chi connectivity index (χ4v) is 2.85. The Hall–Kier alpha value is -0.900. The van der Waals surface area contributed by atoms with Crippen molar-refractivity contribution in [3.63, 3.8) is 0 Å². The van der Waals surface area contributed by atoms with Crippen LogP contribution in [0.15, 0.2) is 24.3 Å². The van der Waals surface area contributed by atoms with Gasteiger partial charge in [0.25, 0.3) is 0 Å². The number of morpholine rings is 1. The molecule has 2 rings (SSSR count). The number of rotatable bonds is 5. The molecule has 112 valence electrons. The van der Waals surface area contributed by atoms with E-state index in [9.17, 15) is 0 Å². The number of hydrogen-bond acceptors (Lipinski definition) is 3. The third-order valence-electron chi connectivity index (χ3n) is 4.01. The SMILES string of the molecule is CCN1CCOC(C(N)c2cccc(CC(C)C)c2)C1. The summed E-state index contributed by atoms with van der Waals surface area (Å²) in [5.41, 5.74) is 9.01. The maximum atomic E-state index is 6.43. The lowest BCUT2D eigenvalue weighted by Gasteiger charge is -2.35. The minimum Gasteiger partial charge on any atom is -0.374 e. The van der Waals surface area contributed by atoms with Crippen LogP contribution in [0.25, 0.3) is 0 Å². The van der Waals surface area contributed by atoms with Crippen LogP contribution < -0.4 is 5.73 Å². The van der Waals surface area contributed by atoms with Crippen LogP contribution in [-0.4, -0.2) is 37.2 Å². The number of ether oxygens (including phenoxy) is 1. The number of benzene rings is 1. The highest BCUT2D eigenvalue weighted by molar-refractivity contribution is 5.27. The maximum Gasteiger partial charge on any atom is 0.0894 e. The second-order valence-electron chi connectivity index (χ2n) is 6.17. The highest BCUT2D eigenvalue weighted by Crippen LogP contribution is 2.22. The van der Waals surface area contributed by atoms with Gasteiger partial charge in [-0.3, -0.25) is 4.90 Å². The van der Waals surface area contributed by atoms with Gasteiger partial charge in [-0.2, -0.15) is 0 Å². The van der Waals surface area contributed by atoms with Gasteiger partial charge in [-0.1, -0.05) is 45.0 Å². The van der Waals surface area contributed by atoms with Crippen molar-refractivity contribution in [2.24, 2.45) is 11.7 Å². The second kappa shape index (κ2) is 7.21. The molecule has 0 amide bonds. The molecular formula is C17H28N2O. The summed E-state index contributed by atoms with van der Waals surface area (Å²) in [4.78, 5) is 2.41. The molecule has 2 atom stereocenters. The van der Waals surface area contributed by atoms with E-state index in [0.717, 1.165) is 32.7 Å². The van der Waals surface area contributed by atoms with Crippen molar-refractivity contribution in [3.8, 4) is 0 Å². The van der Waals surface area contributed by atoms with E-state index in [4.69, 9.17) is 10.5 Å². The maximum absolute atomic E-state index is 6.43. The summed E-state index contributed by atoms with van der Waals surface area (Å²) < 4.78 is 5.88. The third kappa shape index (κ3) is 4.05. The van der Waals surface area contributed by atoms with E-state index in [-0.39, 0.29) is 12.1 Å². The molecule has 2 N–H and O–H groups in total. The molecule has 0 spiro atoms. The monoisotopic (exact) mass is 276 g/mol. The Morgan fingerprint density at radius 2 is 2.20 bits per heavy atom. The van der Waals surface area contributed by atoms with Crippen molar-refractivity contribution in [1.82, 2.24) is 4.90 Å². The first-order valence-corrected chi connectivity index (χ1v) is 7.78. The zero-order chi connectivity index (χ0) is 14.5. The molecule has 3 nitrogen and oxygen atoms in total. The molecule has 2 unspecified atom stereocenters. The van der Waals surface area contributed by atoms with Crippen molar-refractivity contribution < 1.29 is 4.74 Å². The molecule has 0 radical (unpaired) electrons. The van der Waals surface area contributed by atoms with Crippen molar-refractivity contribution >= 4 is 0 Å². The molecule has 1 aromatic rings. The number of nitrogens with two attached hydrogens (primary N) is 1. The topological polar surface area (TPSA) is 38.5 Å². The lowest BCUT2D eigenvalue weighted by Crippen LogP contribution is -2.46. The lowest BCUT2D eigenvalue weighted by molar-refractivity contribution is -0.0392. The van der Waals surface area contributed by atoms with Crippen LogP contribution in [0.4, 0.5) is 0 Å². The summed E-state index contributed by atoms with van der Waals surface area (Å²) in [5, 5.41) is 0. The van der Waals surface area contributed by atoms with Crippen LogP contribution in [0.1, 0.15) is 37.9 Å². The van der Waals surface area contributed by atoms with Crippen molar-refractivity contribution in [2.75, 3.05) is 26.2 Å². The molecule has 0 saturated carbocycles. The van der Waals surface area contributed by atoms with Crippen LogP contribution >= 0.6 is 0 Å². The summed E-state index contributed by atoms with van der Waals surface area (Å²) in [7, 11) is 0. The Morgan fingerprint density at radius 1 is 1.40 bits per heavy atom. The van der Waals surface area contributed by atoms with E-state index in [1.165, 1.54) is 11.1 Å². The average molecular weight is 276 g/mol. The standard InChI is InChI=1S/C17H28N2O/c1-4-19-8-9-20-16(12-19)17(18)15-7-5-6-14(11-15)10-13(2)3/h5-7,11,13,16-17H,4,8-10,12,18H2,1-3H3. The summed E-state index contributed by atoms with van der Waals surface area (Å²) in [6.07, 6.45) is 1.21. The van der Waals surface area contributed by atoms with Crippen LogP contribution in [0, 0.1) is 5.92 Å². The molecule has 0 aromatic heterocycles. The van der Waals surface area contributed by atoms with Gasteiger partial charge < -0.3 is 10.5 Å². The normalized spacial score (nSPS) is 22.1. The average Bonchev–Trinajstić information content (AvgIpc) is 2.46. The second-order valence-corrected chi connectivity index (χ2v) is 6.17. The van der Waals surface area contributed by atoms with Gasteiger partial charge >= 0.3 is 0 Å². The Morgan fingerprint density at radius 3 is 2.90 bits per heavy atom. The Labute approximate surface area is 123 Å². The summed E-state index contributed by atoms with van der Waals surface area (Å²) in [6.45, 7) is 10.5. The quantitative estimate of drug-likeness (QED) is 0.898. The van der Waals surface area contributed by atoms with Gasteiger partial charge in [0, 0.05) is 13.1 Å². The van der Waals surface area contributed by atoms with E-state index in [1.807, 2.05) is 0 Å². The largest absolute Gasteiger partial charge is 0.374 e. The van der Waals surface area contributed by atoms with Crippen LogP contribution in [0.3, 0.4) is 0 Å². The molecule has 1 aromatic carbocycles. The van der Waals surface area contributed by atoms with Crippen molar-refractivity contribution in [3.05, 3.63) is 35.4 Å². The highest BCUT2D eigenvalue weighted by atomic mass is 16.5. The van der Waals surface area contributed by atoms with Gasteiger partial charge in [0.05, 0.1) is 18.8 Å². The van der Waals surface area contributed by atoms with E-state index >= 15 is 0 Å². The molecule has 1 aliphatic heterocycles. The first kappa shape index (κ1) is 15.5. The van der Waals surface area contributed by atoms with Gasteiger partial charge in [-0.25, -0.2) is 0 Å². The van der Waals surface area contributed by atoms with E-state index in [2.05, 4.69) is 49.9 Å². The van der Waals surface area contributed by atoms with E-state index in [0.29, 0.717) is 5.92 Å². The predicted molar refractivity (Wildman–Crippen MR) is 83.8 cm³/mol. The fraction of sp³-hybridized carbons (Fsp3) is 0.647. The third-order valence-corrected chi connectivity index (χ3v) is 4.01. The van der Waals surface area contributed by atoms with Gasteiger partial charge in [-0.05, 0) is 30.0 Å². The molecule has 20 heavy (non-hydrogen) atoms. The van der Waals surface area contributed by atoms with Crippen LogP contribution in [0.5, 0.6) is 0 Å². The van der Waals surface area contributed by atoms with E-state index in [1.54, 1.807) is 0 Å². The van der Waals surface area contributed by atoms with E-state index < -0.39 is 0 Å². The van der Waals surface area contributed by atoms with Gasteiger partial charge in [0.15, 0.2) is 0 Å². The molecule has 0 aliphatic carbocycles. The summed E-state index contributed by atoms with van der Waals surface area (Å²) in [6, 6.07) is 8.65.